The van der Waals surface area contributed by atoms with Crippen molar-refractivity contribution in [2.24, 2.45) is 23.2 Å². The third kappa shape index (κ3) is 4.56. The van der Waals surface area contributed by atoms with Crippen LogP contribution in [0.25, 0.3) is 21.8 Å². The third-order valence-electron chi connectivity index (χ3n) is 14.7. The van der Waals surface area contributed by atoms with Gasteiger partial charge < -0.3 is 34.2 Å². The van der Waals surface area contributed by atoms with Crippen LogP contribution in [0.3, 0.4) is 0 Å². The van der Waals surface area contributed by atoms with Crippen LogP contribution >= 0.6 is 0 Å². The molecule has 10 heteroatoms. The van der Waals surface area contributed by atoms with Crippen LogP contribution in [0.2, 0.25) is 0 Å². The van der Waals surface area contributed by atoms with Crippen molar-refractivity contribution in [3.05, 3.63) is 76.1 Å². The van der Waals surface area contributed by atoms with Gasteiger partial charge in [-0.3, -0.25) is 14.5 Å². The van der Waals surface area contributed by atoms with E-state index >= 15 is 0 Å². The molecular formula is C44H54N4O6. The highest BCUT2D eigenvalue weighted by Gasteiger charge is 2.62. The van der Waals surface area contributed by atoms with Gasteiger partial charge in [-0.2, -0.15) is 0 Å². The van der Waals surface area contributed by atoms with Gasteiger partial charge in [-0.15, -0.1) is 0 Å². The molecule has 3 aliphatic heterocycles. The summed E-state index contributed by atoms with van der Waals surface area (Å²) in [7, 11) is 6.79. The molecule has 5 heterocycles. The molecule has 10 nitrogen and oxygen atoms in total. The molecule has 4 aromatic rings. The lowest BCUT2D eigenvalue weighted by Crippen LogP contribution is -2.63. The Morgan fingerprint density at radius 2 is 1.83 bits per heavy atom. The standard InChI is InChI=1S/C44H54N4O6/c1-7-25-17-24-20-43(41(50)53-5)39(25)45-16-15-29-28-13-14-34(52-4)36(38(28)48(21-24)40(29)43)31-18-32-26(8-2)22-47(3)35(44(32,23-49)42(51)54-6)19-30-27-11-9-10-12-33(27)46-37(30)31/h8-14,24-25,31-32,35,39,45-46,49H,7,15-23H2,1-6H3/b26-8-/t24-,25+,31+,32+,35+,39-,43+,44+/m1/s1. The minimum Gasteiger partial charge on any atom is -0.496 e. The van der Waals surface area contributed by atoms with Crippen LogP contribution in [-0.2, 0) is 43.9 Å². The van der Waals surface area contributed by atoms with Gasteiger partial charge in [-0.25, -0.2) is 0 Å². The summed E-state index contributed by atoms with van der Waals surface area (Å²) in [5, 5.41) is 17.7. The molecule has 54 heavy (non-hydrogen) atoms. The highest BCUT2D eigenvalue weighted by molar-refractivity contribution is 5.96. The second-order valence-corrected chi connectivity index (χ2v) is 16.7. The molecule has 0 spiro atoms. The second-order valence-electron chi connectivity index (χ2n) is 16.7. The first-order valence-electron chi connectivity index (χ1n) is 19.9. The number of carbonyl (C=O) groups excluding carboxylic acids is 2. The number of para-hydroxylation sites is 1. The molecule has 2 aliphatic carbocycles. The van der Waals surface area contributed by atoms with Gasteiger partial charge in [-0.1, -0.05) is 43.2 Å². The Labute approximate surface area is 317 Å². The van der Waals surface area contributed by atoms with Crippen molar-refractivity contribution in [2.75, 3.05) is 48.1 Å². The molecule has 2 fully saturated rings. The molecule has 1 saturated heterocycles. The van der Waals surface area contributed by atoms with Crippen LogP contribution < -0.4 is 10.1 Å². The number of methoxy groups -OCH3 is 3. The van der Waals surface area contributed by atoms with E-state index in [1.807, 2.05) is 6.92 Å². The minimum absolute atomic E-state index is 0.0125. The lowest BCUT2D eigenvalue weighted by Gasteiger charge is -2.54. The van der Waals surface area contributed by atoms with E-state index in [9.17, 15) is 14.7 Å². The highest BCUT2D eigenvalue weighted by Crippen LogP contribution is 2.58. The van der Waals surface area contributed by atoms with Crippen molar-refractivity contribution in [2.45, 2.75) is 82.3 Å². The normalized spacial score (nSPS) is 32.5. The fraction of sp³-hybridized carbons (Fsp3) is 0.545. The van der Waals surface area contributed by atoms with Gasteiger partial charge in [0.1, 0.15) is 16.6 Å². The average Bonchev–Trinajstić information content (AvgIpc) is 3.63. The SMILES string of the molecule is C/C=C1/CN(C)[C@H]2Cc3c([nH]c4ccccc34)[C@H](c3c(OC)ccc4c5c6n(c34)C[C@@H]3C[C@H](CC)[C@@H](NCC5)[C@@]6(C(=O)OC)C3)C[C@@H]1[C@]2(CO)C(=O)OC. The van der Waals surface area contributed by atoms with Gasteiger partial charge >= 0.3 is 11.9 Å². The summed E-state index contributed by atoms with van der Waals surface area (Å²) in [5.74, 6) is 0.397. The van der Waals surface area contributed by atoms with E-state index in [4.69, 9.17) is 14.2 Å². The zero-order chi connectivity index (χ0) is 37.7. The van der Waals surface area contributed by atoms with E-state index in [2.05, 4.69) is 76.2 Å². The predicted octanol–water partition coefficient (Wildman–Crippen LogP) is 5.61. The van der Waals surface area contributed by atoms with Crippen molar-refractivity contribution < 1.29 is 28.9 Å². The smallest absolute Gasteiger partial charge is 0.319 e. The number of benzene rings is 2. The number of aromatic amines is 1. The van der Waals surface area contributed by atoms with Crippen LogP contribution in [0.1, 0.15) is 73.5 Å². The van der Waals surface area contributed by atoms with Crippen LogP contribution in [0.15, 0.2) is 48.0 Å². The first kappa shape index (κ1) is 35.6. The number of ether oxygens (including phenoxy) is 3. The van der Waals surface area contributed by atoms with Crippen LogP contribution in [0, 0.1) is 23.2 Å². The van der Waals surface area contributed by atoms with E-state index in [0.717, 1.165) is 94.4 Å². The Morgan fingerprint density at radius 3 is 2.56 bits per heavy atom. The summed E-state index contributed by atoms with van der Waals surface area (Å²) in [6.45, 7) is 6.26. The van der Waals surface area contributed by atoms with E-state index in [1.165, 1.54) is 12.7 Å². The number of piperidine rings is 1. The first-order valence-corrected chi connectivity index (χ1v) is 19.9. The summed E-state index contributed by atoms with van der Waals surface area (Å²) >= 11 is 0. The molecule has 0 unspecified atom stereocenters. The molecule has 5 aliphatic rings. The van der Waals surface area contributed by atoms with Crippen LogP contribution in [-0.4, -0.2) is 91.7 Å². The minimum atomic E-state index is -1.19. The Hall–Kier alpha value is -4.12. The number of fused-ring (bicyclic) bond motifs is 9. The van der Waals surface area contributed by atoms with E-state index in [1.54, 1.807) is 14.2 Å². The quantitative estimate of drug-likeness (QED) is 0.173. The molecule has 0 amide bonds. The van der Waals surface area contributed by atoms with Crippen molar-refractivity contribution >= 4 is 33.7 Å². The molecule has 286 valence electrons. The Morgan fingerprint density at radius 1 is 1.04 bits per heavy atom. The number of H-pyrrole nitrogens is 1. The van der Waals surface area contributed by atoms with Gasteiger partial charge in [0.2, 0.25) is 0 Å². The summed E-state index contributed by atoms with van der Waals surface area (Å²) < 4.78 is 20.3. The van der Waals surface area contributed by atoms with E-state index < -0.39 is 10.8 Å². The molecular weight excluding hydrogens is 681 g/mol. The number of aliphatic hydroxyl groups is 1. The highest BCUT2D eigenvalue weighted by atomic mass is 16.5. The maximum atomic E-state index is 14.4. The van der Waals surface area contributed by atoms with Gasteiger partial charge in [0.15, 0.2) is 0 Å². The monoisotopic (exact) mass is 734 g/mol. The first-order chi connectivity index (χ1) is 26.2. The molecule has 8 atom stereocenters. The average molecular weight is 735 g/mol. The number of nitrogens with one attached hydrogen (secondary N) is 2. The number of nitrogens with zero attached hydrogens (tertiary/aromatic N) is 2. The summed E-state index contributed by atoms with van der Waals surface area (Å²) in [6, 6.07) is 12.4. The lowest BCUT2D eigenvalue weighted by molar-refractivity contribution is -0.169. The van der Waals surface area contributed by atoms with E-state index in [0.29, 0.717) is 31.2 Å². The fourth-order valence-corrected chi connectivity index (χ4v) is 12.6. The van der Waals surface area contributed by atoms with Crippen molar-refractivity contribution in [1.82, 2.24) is 19.8 Å². The molecule has 4 bridgehead atoms. The Kier molecular flexibility index (Phi) is 8.56. The third-order valence-corrected chi connectivity index (χ3v) is 14.7. The largest absolute Gasteiger partial charge is 0.496 e. The van der Waals surface area contributed by atoms with Crippen molar-refractivity contribution in [3.8, 4) is 5.75 Å². The fourth-order valence-electron chi connectivity index (χ4n) is 12.6. The maximum Gasteiger partial charge on any atom is 0.319 e. The summed E-state index contributed by atoms with van der Waals surface area (Å²) in [6.07, 6.45) is 6.89. The molecule has 9 rings (SSSR count). The van der Waals surface area contributed by atoms with Gasteiger partial charge in [0.25, 0.3) is 0 Å². The maximum absolute atomic E-state index is 14.4. The molecule has 2 aromatic carbocycles. The second kappa shape index (κ2) is 13.0. The number of hydrogen-bond acceptors (Lipinski definition) is 8. The molecule has 1 saturated carbocycles. The van der Waals surface area contributed by atoms with Crippen LogP contribution in [0.5, 0.6) is 5.75 Å². The van der Waals surface area contributed by atoms with Crippen LogP contribution in [0.4, 0.5) is 0 Å². The summed E-state index contributed by atoms with van der Waals surface area (Å²) in [5.41, 5.74) is 6.96. The van der Waals surface area contributed by atoms with Gasteiger partial charge in [0, 0.05) is 70.2 Å². The summed E-state index contributed by atoms with van der Waals surface area (Å²) in [4.78, 5) is 34.9. The molecule has 2 aromatic heterocycles. The number of aromatic nitrogens is 2. The Balaban J connectivity index is 1.39. The van der Waals surface area contributed by atoms with Gasteiger partial charge in [0.05, 0.1) is 33.5 Å². The molecule has 0 radical (unpaired) electrons. The van der Waals surface area contributed by atoms with E-state index in [-0.39, 0.29) is 42.5 Å². The number of rotatable bonds is 6. The van der Waals surface area contributed by atoms with Crippen molar-refractivity contribution in [1.29, 1.82) is 0 Å². The zero-order valence-electron chi connectivity index (χ0n) is 32.5. The number of allylic oxidation sites excluding steroid dienone is 1. The number of carbonyl (C=O) groups is 2. The number of aliphatic hydroxyl groups excluding tert-OH is 1. The number of esters is 2. The van der Waals surface area contributed by atoms with Gasteiger partial charge in [-0.05, 0) is 93.8 Å². The Bertz CT molecular complexity index is 2200. The van der Waals surface area contributed by atoms with Crippen molar-refractivity contribution in [3.63, 3.8) is 0 Å². The number of hydrogen-bond donors (Lipinski definition) is 3. The number of likely N-dealkylation sites (tertiary alicyclic amines) is 1. The number of likely N-dealkylation sites (N-methyl/N-ethyl adjacent to an activating group) is 1. The predicted molar refractivity (Wildman–Crippen MR) is 208 cm³/mol. The topological polar surface area (TPSA) is 118 Å². The zero-order valence-corrected chi connectivity index (χ0v) is 32.5. The molecule has 3 N–H and O–H groups in total. The lowest BCUT2D eigenvalue weighted by atomic mass is 9.58.